The predicted molar refractivity (Wildman–Crippen MR) is 371 cm³/mol. The third-order valence-corrected chi connectivity index (χ3v) is 20.4. The van der Waals surface area contributed by atoms with Crippen molar-refractivity contribution in [3.8, 4) is 110 Å². The highest BCUT2D eigenvalue weighted by atomic mass is 32.1. The Hall–Kier alpha value is -10.6. The fourth-order valence-electron chi connectivity index (χ4n) is 15.0. The van der Waals surface area contributed by atoms with E-state index in [-0.39, 0.29) is 5.41 Å². The van der Waals surface area contributed by atoms with Gasteiger partial charge in [0.15, 0.2) is 0 Å². The van der Waals surface area contributed by atoms with Gasteiger partial charge in [0.05, 0.1) is 5.41 Å². The van der Waals surface area contributed by atoms with Gasteiger partial charge in [0, 0.05) is 43.4 Å². The summed E-state index contributed by atoms with van der Waals surface area (Å²) in [5.74, 6) is 0. The fourth-order valence-corrected chi connectivity index (χ4v) is 16.4. The van der Waals surface area contributed by atoms with Crippen LogP contribution in [0.2, 0.25) is 0 Å². The molecular weight excluding hydrogens is 1080 g/mol. The van der Waals surface area contributed by atoms with Crippen molar-refractivity contribution in [2.24, 2.45) is 0 Å². The topological polar surface area (TPSA) is 3.24 Å². The lowest BCUT2D eigenvalue weighted by atomic mass is 9.68. The van der Waals surface area contributed by atoms with Crippen LogP contribution in [0, 0.1) is 0 Å². The Kier molecular flexibility index (Phi) is 12.1. The molecule has 0 saturated carbocycles. The minimum atomic E-state index is -0.587. The van der Waals surface area contributed by atoms with Crippen LogP contribution in [-0.4, -0.2) is 0 Å². The largest absolute Gasteiger partial charge is 0.311 e. The van der Waals surface area contributed by atoms with E-state index >= 15 is 0 Å². The average Bonchev–Trinajstić information content (AvgIpc) is 1.51. The van der Waals surface area contributed by atoms with Crippen LogP contribution < -0.4 is 4.90 Å². The molecule has 0 amide bonds. The molecule has 2 heteroatoms. The molecule has 0 saturated heterocycles. The highest BCUT2D eigenvalue weighted by Gasteiger charge is 2.55. The SMILES string of the molecule is CC1(C)c2ccccc2-c2ccc(-c3ccc(N(c4ccc(-c5ccccc5)cc4)c4ccc(-c5cccc6c5-c5sc(-c7ccc(-c8ccccc8)cc7)c(-c7ccc(-c8ccccc8)cc7)c5C65c6ccccc6-c6ccccc65)cc4)cc3)cc21. The number of thiophene rings is 1. The van der Waals surface area contributed by atoms with Crippen molar-refractivity contribution < 1.29 is 0 Å². The van der Waals surface area contributed by atoms with Gasteiger partial charge in [-0.1, -0.05) is 293 Å². The minimum Gasteiger partial charge on any atom is -0.311 e. The van der Waals surface area contributed by atoms with Gasteiger partial charge in [-0.3, -0.25) is 0 Å². The summed E-state index contributed by atoms with van der Waals surface area (Å²) in [6.07, 6.45) is 0. The Morgan fingerprint density at radius 3 is 1.10 bits per heavy atom. The van der Waals surface area contributed by atoms with Crippen molar-refractivity contribution in [1.29, 1.82) is 0 Å². The first-order chi connectivity index (χ1) is 43.4. The zero-order valence-corrected chi connectivity index (χ0v) is 49.8. The molecule has 1 nitrogen and oxygen atoms in total. The molecule has 414 valence electrons. The van der Waals surface area contributed by atoms with Crippen molar-refractivity contribution in [3.63, 3.8) is 0 Å². The maximum absolute atomic E-state index is 2.43. The van der Waals surface area contributed by atoms with Gasteiger partial charge >= 0.3 is 0 Å². The van der Waals surface area contributed by atoms with Crippen LogP contribution in [0.3, 0.4) is 0 Å². The van der Waals surface area contributed by atoms with E-state index in [1.54, 1.807) is 0 Å². The van der Waals surface area contributed by atoms with Gasteiger partial charge in [0.1, 0.15) is 0 Å². The molecule has 0 radical (unpaired) electrons. The van der Waals surface area contributed by atoms with Gasteiger partial charge in [-0.25, -0.2) is 0 Å². The van der Waals surface area contributed by atoms with E-state index in [2.05, 4.69) is 340 Å². The van der Waals surface area contributed by atoms with Crippen LogP contribution in [0.15, 0.2) is 322 Å². The third kappa shape index (κ3) is 8.06. The number of nitrogens with zero attached hydrogens (tertiary/aromatic N) is 1. The molecule has 1 aromatic heterocycles. The molecule has 13 aromatic carbocycles. The summed E-state index contributed by atoms with van der Waals surface area (Å²) < 4.78 is 0. The van der Waals surface area contributed by atoms with Gasteiger partial charge in [0.25, 0.3) is 0 Å². The Morgan fingerprint density at radius 2 is 0.591 bits per heavy atom. The number of hydrogen-bond acceptors (Lipinski definition) is 2. The quantitative estimate of drug-likeness (QED) is 0.132. The average molecular weight is 1140 g/mol. The molecule has 0 fully saturated rings. The van der Waals surface area contributed by atoms with Crippen LogP contribution in [0.25, 0.3) is 110 Å². The Morgan fingerprint density at radius 1 is 0.239 bits per heavy atom. The van der Waals surface area contributed by atoms with E-state index in [0.717, 1.165) is 17.1 Å². The van der Waals surface area contributed by atoms with Crippen molar-refractivity contribution in [1.82, 2.24) is 0 Å². The zero-order chi connectivity index (χ0) is 58.5. The Balaban J connectivity index is 0.826. The lowest BCUT2D eigenvalue weighted by Gasteiger charge is -2.32. The third-order valence-electron chi connectivity index (χ3n) is 19.2. The fraction of sp³-hybridized carbons (Fsp3) is 0.0465. The molecule has 0 atom stereocenters. The van der Waals surface area contributed by atoms with E-state index in [9.17, 15) is 0 Å². The van der Waals surface area contributed by atoms with Gasteiger partial charge in [0.2, 0.25) is 0 Å². The predicted octanol–water partition coefficient (Wildman–Crippen LogP) is 23.5. The van der Waals surface area contributed by atoms with Gasteiger partial charge in [-0.2, -0.15) is 0 Å². The number of benzene rings is 13. The van der Waals surface area contributed by atoms with Crippen LogP contribution in [-0.2, 0) is 10.8 Å². The molecule has 0 bridgehead atoms. The first kappa shape index (κ1) is 51.8. The Bertz CT molecular complexity index is 4930. The number of fused-ring (bicyclic) bond motifs is 13. The van der Waals surface area contributed by atoms with Gasteiger partial charge in [-0.15, -0.1) is 11.3 Å². The highest BCUT2D eigenvalue weighted by Crippen LogP contribution is 2.69. The smallest absolute Gasteiger partial charge is 0.0740 e. The van der Waals surface area contributed by atoms with Crippen molar-refractivity contribution in [2.75, 3.05) is 4.90 Å². The first-order valence-corrected chi connectivity index (χ1v) is 31.4. The van der Waals surface area contributed by atoms with Gasteiger partial charge < -0.3 is 4.90 Å². The van der Waals surface area contributed by atoms with Crippen molar-refractivity contribution >= 4 is 28.4 Å². The monoisotopic (exact) mass is 1140 g/mol. The van der Waals surface area contributed by atoms with E-state index in [4.69, 9.17) is 0 Å². The van der Waals surface area contributed by atoms with Crippen LogP contribution in [0.4, 0.5) is 17.1 Å². The molecule has 1 spiro atoms. The molecular formula is C86H59NS. The van der Waals surface area contributed by atoms with E-state index < -0.39 is 5.41 Å². The maximum Gasteiger partial charge on any atom is 0.0740 e. The zero-order valence-electron chi connectivity index (χ0n) is 49.0. The number of anilines is 3. The first-order valence-electron chi connectivity index (χ1n) is 30.6. The van der Waals surface area contributed by atoms with Gasteiger partial charge in [-0.05, 0) is 165 Å². The van der Waals surface area contributed by atoms with E-state index in [0.29, 0.717) is 0 Å². The maximum atomic E-state index is 2.43. The second-order valence-corrected chi connectivity index (χ2v) is 25.3. The van der Waals surface area contributed by atoms with Crippen molar-refractivity contribution in [3.05, 3.63) is 355 Å². The number of rotatable bonds is 10. The molecule has 1 heterocycles. The summed E-state index contributed by atoms with van der Waals surface area (Å²) in [5.41, 5.74) is 33.1. The molecule has 88 heavy (non-hydrogen) atoms. The number of hydrogen-bond donors (Lipinski definition) is 0. The molecule has 3 aliphatic rings. The van der Waals surface area contributed by atoms with Crippen LogP contribution in [0.1, 0.15) is 47.2 Å². The standard InChI is InChI=1S/C86H59NS/c1-85(2)75-29-15-12-25-71(75)74-54-47-66(55-79(74)85)62-43-50-68(51-44-62)87(67-48-41-61(42-49-67)58-23-10-5-11-24-58)69-52-45-63(46-53-69)70-28-18-32-78-81(70)84-82(86(78)76-30-16-13-26-72(76)73-27-14-17-31-77(73)86)80(64-37-33-59(34-38-64)56-19-6-3-7-20-56)83(88-84)65-39-35-60(36-40-65)57-21-8-4-9-22-57/h3-55H,1-2H3. The van der Waals surface area contributed by atoms with Crippen molar-refractivity contribution in [2.45, 2.75) is 24.7 Å². The summed E-state index contributed by atoms with van der Waals surface area (Å²) in [5, 5.41) is 0. The highest BCUT2D eigenvalue weighted by molar-refractivity contribution is 7.20. The van der Waals surface area contributed by atoms with E-state index in [1.807, 2.05) is 11.3 Å². The van der Waals surface area contributed by atoms with E-state index in [1.165, 1.54) is 143 Å². The molecule has 17 rings (SSSR count). The molecule has 14 aromatic rings. The summed E-state index contributed by atoms with van der Waals surface area (Å²) >= 11 is 1.96. The lowest BCUT2D eigenvalue weighted by molar-refractivity contribution is 0.660. The van der Waals surface area contributed by atoms with Crippen LogP contribution in [0.5, 0.6) is 0 Å². The Labute approximate surface area is 519 Å². The summed E-state index contributed by atoms with van der Waals surface area (Å²) in [7, 11) is 0. The second kappa shape index (κ2) is 20.5. The van der Waals surface area contributed by atoms with Crippen LogP contribution >= 0.6 is 11.3 Å². The minimum absolute atomic E-state index is 0.0743. The lowest BCUT2D eigenvalue weighted by Crippen LogP contribution is -2.26. The second-order valence-electron chi connectivity index (χ2n) is 24.2. The molecule has 0 N–H and O–H groups in total. The normalized spacial score (nSPS) is 13.3. The summed E-state index contributed by atoms with van der Waals surface area (Å²) in [6.45, 7) is 4.72. The molecule has 0 aliphatic heterocycles. The summed E-state index contributed by atoms with van der Waals surface area (Å²) in [6, 6.07) is 120. The summed E-state index contributed by atoms with van der Waals surface area (Å²) in [4.78, 5) is 5.01. The molecule has 0 unspecified atom stereocenters. The molecule has 3 aliphatic carbocycles.